The monoisotopic (exact) mass is 542 g/mol. The van der Waals surface area contributed by atoms with Crippen molar-refractivity contribution in [3.63, 3.8) is 0 Å². The zero-order valence-electron chi connectivity index (χ0n) is 18.1. The molecular formula is C30H22Cl2Zr. The second-order valence-corrected chi connectivity index (χ2v) is 7.48. The van der Waals surface area contributed by atoms with E-state index in [4.69, 9.17) is 0 Å². The van der Waals surface area contributed by atoms with Gasteiger partial charge in [0.15, 0.2) is 0 Å². The summed E-state index contributed by atoms with van der Waals surface area (Å²) in [7, 11) is 0. The van der Waals surface area contributed by atoms with Crippen LogP contribution in [0.4, 0.5) is 0 Å². The van der Waals surface area contributed by atoms with Crippen LogP contribution in [0.3, 0.4) is 0 Å². The van der Waals surface area contributed by atoms with Crippen molar-refractivity contribution in [1.29, 1.82) is 0 Å². The van der Waals surface area contributed by atoms with Gasteiger partial charge in [0.25, 0.3) is 0 Å². The summed E-state index contributed by atoms with van der Waals surface area (Å²) in [5.41, 5.74) is 5.23. The molecule has 4 aromatic rings. The van der Waals surface area contributed by atoms with Gasteiger partial charge in [-0.05, 0) is 21.5 Å². The van der Waals surface area contributed by atoms with E-state index in [9.17, 15) is 0 Å². The number of hydrogen-bond acceptors (Lipinski definition) is 0. The minimum atomic E-state index is 0. The van der Waals surface area contributed by atoms with Crippen LogP contribution in [0, 0.1) is 12.2 Å². The van der Waals surface area contributed by atoms with Gasteiger partial charge in [-0.15, -0.1) is 12.8 Å². The maximum Gasteiger partial charge on any atom is 4.00 e. The zero-order chi connectivity index (χ0) is 20.2. The van der Waals surface area contributed by atoms with Crippen molar-refractivity contribution in [2.24, 2.45) is 0 Å². The first-order chi connectivity index (χ1) is 14.9. The minimum Gasteiger partial charge on any atom is -1.00 e. The van der Waals surface area contributed by atoms with Crippen molar-refractivity contribution in [2.75, 3.05) is 0 Å². The van der Waals surface area contributed by atoms with E-state index in [2.05, 4.69) is 121 Å². The first-order valence-corrected chi connectivity index (χ1v) is 10.4. The number of hydrogen-bond donors (Lipinski definition) is 0. The summed E-state index contributed by atoms with van der Waals surface area (Å²) in [4.78, 5) is 0. The van der Waals surface area contributed by atoms with Crippen LogP contribution in [0.1, 0.15) is 24.0 Å². The average molecular weight is 545 g/mol. The topological polar surface area (TPSA) is 0 Å². The fourth-order valence-electron chi connectivity index (χ4n) is 4.12. The molecule has 0 heterocycles. The van der Waals surface area contributed by atoms with Gasteiger partial charge >= 0.3 is 26.2 Å². The molecule has 0 amide bonds. The van der Waals surface area contributed by atoms with Crippen LogP contribution in [0.2, 0.25) is 0 Å². The van der Waals surface area contributed by atoms with E-state index in [1.807, 2.05) is 0 Å². The van der Waals surface area contributed by atoms with Crippen molar-refractivity contribution < 1.29 is 51.0 Å². The Hall–Kier alpha value is -2.18. The molecule has 0 aliphatic heterocycles. The summed E-state index contributed by atoms with van der Waals surface area (Å²) in [6.07, 6.45) is 16.9. The fourth-order valence-corrected chi connectivity index (χ4v) is 4.12. The van der Waals surface area contributed by atoms with E-state index in [0.29, 0.717) is 0 Å². The zero-order valence-corrected chi connectivity index (χ0v) is 22.0. The van der Waals surface area contributed by atoms with Crippen LogP contribution in [0.15, 0.2) is 109 Å². The third-order valence-corrected chi connectivity index (χ3v) is 5.60. The Kier molecular flexibility index (Phi) is 10.6. The molecule has 0 fully saturated rings. The molecule has 0 nitrogen and oxygen atoms in total. The second-order valence-electron chi connectivity index (χ2n) is 7.48. The summed E-state index contributed by atoms with van der Waals surface area (Å²) >= 11 is 0. The molecule has 0 spiro atoms. The molecule has 0 bridgehead atoms. The van der Waals surface area contributed by atoms with Crippen LogP contribution in [-0.2, 0) is 26.2 Å². The Morgan fingerprint density at radius 1 is 0.485 bits per heavy atom. The van der Waals surface area contributed by atoms with E-state index < -0.39 is 0 Å². The van der Waals surface area contributed by atoms with Gasteiger partial charge in [-0.3, -0.25) is 12.2 Å². The number of benzene rings is 4. The molecule has 3 heteroatoms. The van der Waals surface area contributed by atoms with Gasteiger partial charge in [0.2, 0.25) is 0 Å². The van der Waals surface area contributed by atoms with Gasteiger partial charge in [-0.2, -0.15) is 23.3 Å². The summed E-state index contributed by atoms with van der Waals surface area (Å²) in [6.45, 7) is 0. The van der Waals surface area contributed by atoms with Gasteiger partial charge in [-0.1, -0.05) is 96.1 Å². The molecule has 2 aliphatic rings. The Balaban J connectivity index is 0.000000214. The summed E-state index contributed by atoms with van der Waals surface area (Å²) in [5.74, 6) is 0. The standard InChI is InChI=1S/2C15H11.2ClH.Zr/c2*1-2-7-12(6-1)15-11-5-9-13-8-3-4-10-14(13)15;;;/h2*3-11H,1H2;2*1H;/q2*-1;;;+4/p-2. The van der Waals surface area contributed by atoms with Crippen molar-refractivity contribution in [2.45, 2.75) is 12.8 Å². The summed E-state index contributed by atoms with van der Waals surface area (Å²) < 4.78 is 0. The number of rotatable bonds is 2. The van der Waals surface area contributed by atoms with Crippen LogP contribution in [0.5, 0.6) is 0 Å². The molecule has 6 rings (SSSR count). The molecule has 4 aromatic carbocycles. The van der Waals surface area contributed by atoms with E-state index in [0.717, 1.165) is 12.8 Å². The number of fused-ring (bicyclic) bond motifs is 2. The third kappa shape index (κ3) is 6.04. The molecule has 0 aromatic heterocycles. The Bertz CT molecular complexity index is 1230. The van der Waals surface area contributed by atoms with E-state index in [1.54, 1.807) is 0 Å². The van der Waals surface area contributed by atoms with E-state index >= 15 is 0 Å². The van der Waals surface area contributed by atoms with Gasteiger partial charge in [0.1, 0.15) is 0 Å². The largest absolute Gasteiger partial charge is 4.00 e. The van der Waals surface area contributed by atoms with Gasteiger partial charge in [-0.25, -0.2) is 12.2 Å². The van der Waals surface area contributed by atoms with Crippen molar-refractivity contribution in [1.82, 2.24) is 0 Å². The molecule has 0 atom stereocenters. The summed E-state index contributed by atoms with van der Waals surface area (Å²) in [5, 5.41) is 5.25. The van der Waals surface area contributed by atoms with Gasteiger partial charge in [0.05, 0.1) is 0 Å². The number of halogens is 2. The fraction of sp³-hybridized carbons (Fsp3) is 0.0667. The van der Waals surface area contributed by atoms with Crippen LogP contribution < -0.4 is 24.8 Å². The second kappa shape index (κ2) is 12.9. The van der Waals surface area contributed by atoms with Crippen molar-refractivity contribution in [3.05, 3.63) is 133 Å². The molecule has 160 valence electrons. The Morgan fingerprint density at radius 2 is 0.879 bits per heavy atom. The SMILES string of the molecule is [C-]1=CC(c2cccc3ccccc23)=CC1.[C-]1=CC(c2cccc3ccccc23)=CC1.[Cl-].[Cl-].[Zr+4]. The van der Waals surface area contributed by atoms with Gasteiger partial charge < -0.3 is 24.8 Å². The quantitative estimate of drug-likeness (QED) is 0.339. The van der Waals surface area contributed by atoms with Crippen molar-refractivity contribution >= 4 is 32.7 Å². The van der Waals surface area contributed by atoms with E-state index in [1.165, 1.54) is 43.8 Å². The summed E-state index contributed by atoms with van der Waals surface area (Å²) in [6, 6.07) is 29.9. The maximum atomic E-state index is 3.22. The van der Waals surface area contributed by atoms with E-state index in [-0.39, 0.29) is 51.0 Å². The smallest absolute Gasteiger partial charge is 1.00 e. The molecule has 33 heavy (non-hydrogen) atoms. The Labute approximate surface area is 227 Å². The molecule has 2 aliphatic carbocycles. The average Bonchev–Trinajstić information content (AvgIpc) is 3.53. The normalized spacial score (nSPS) is 13.2. The third-order valence-electron chi connectivity index (χ3n) is 5.60. The predicted octanol–water partition coefficient (Wildman–Crippen LogP) is 1.98. The molecule has 0 N–H and O–H groups in total. The van der Waals surface area contributed by atoms with Crippen molar-refractivity contribution in [3.8, 4) is 0 Å². The van der Waals surface area contributed by atoms with Crippen LogP contribution in [0.25, 0.3) is 32.7 Å². The maximum absolute atomic E-state index is 3.22. The van der Waals surface area contributed by atoms with Gasteiger partial charge in [0, 0.05) is 0 Å². The molecule has 0 unspecified atom stereocenters. The minimum absolute atomic E-state index is 0. The molecule has 0 saturated carbocycles. The molecule has 0 radical (unpaired) electrons. The Morgan fingerprint density at radius 3 is 1.27 bits per heavy atom. The van der Waals surface area contributed by atoms with Crippen LogP contribution in [-0.4, -0.2) is 0 Å². The first kappa shape index (κ1) is 27.1. The molecule has 0 saturated heterocycles. The molecular weight excluding hydrogens is 522 g/mol. The number of allylic oxidation sites excluding steroid dienone is 8. The first-order valence-electron chi connectivity index (χ1n) is 10.4. The predicted molar refractivity (Wildman–Crippen MR) is 129 cm³/mol. The van der Waals surface area contributed by atoms with Crippen LogP contribution >= 0.6 is 0 Å².